The molecule has 1 spiro atoms. The Morgan fingerprint density at radius 1 is 1.29 bits per heavy atom. The fourth-order valence-corrected chi connectivity index (χ4v) is 3.06. The summed E-state index contributed by atoms with van der Waals surface area (Å²) in [7, 11) is 0. The van der Waals surface area contributed by atoms with E-state index in [2.05, 4.69) is 26.6 Å². The Bertz CT molecular complexity index is 529. The van der Waals surface area contributed by atoms with Gasteiger partial charge in [-0.25, -0.2) is 4.79 Å². The van der Waals surface area contributed by atoms with E-state index < -0.39 is 11.6 Å². The topological polar surface area (TPSA) is 58.2 Å². The number of carbonyl (C=O) groups is 2. The molecule has 1 heterocycles. The van der Waals surface area contributed by atoms with Gasteiger partial charge in [0.1, 0.15) is 5.54 Å². The molecule has 1 aliphatic carbocycles. The molecular formula is C12H11BrN2O2. The highest BCUT2D eigenvalue weighted by atomic mass is 79.9. The van der Waals surface area contributed by atoms with E-state index in [0.717, 1.165) is 28.4 Å². The van der Waals surface area contributed by atoms with Gasteiger partial charge in [-0.3, -0.25) is 10.1 Å². The molecule has 5 heteroatoms. The first-order chi connectivity index (χ1) is 8.12. The lowest BCUT2D eigenvalue weighted by Gasteiger charge is -2.33. The highest BCUT2D eigenvalue weighted by molar-refractivity contribution is 9.10. The third-order valence-electron chi connectivity index (χ3n) is 3.47. The maximum Gasteiger partial charge on any atom is 0.322 e. The first-order valence-electron chi connectivity index (χ1n) is 5.54. The number of imide groups is 1. The Kier molecular flexibility index (Phi) is 2.26. The molecule has 4 nitrogen and oxygen atoms in total. The number of urea groups is 1. The van der Waals surface area contributed by atoms with Gasteiger partial charge in [0.25, 0.3) is 5.91 Å². The minimum Gasteiger partial charge on any atom is -0.319 e. The van der Waals surface area contributed by atoms with Crippen LogP contribution < -0.4 is 10.6 Å². The van der Waals surface area contributed by atoms with E-state index in [-0.39, 0.29) is 5.91 Å². The van der Waals surface area contributed by atoms with E-state index in [1.165, 1.54) is 0 Å². The van der Waals surface area contributed by atoms with Crippen LogP contribution in [0.15, 0.2) is 22.7 Å². The SMILES string of the molecule is O=C1NC(=O)[C@]2(CCCc3ccc(Br)cc32)N1. The van der Waals surface area contributed by atoms with Crippen LogP contribution in [0.1, 0.15) is 24.0 Å². The number of aryl methyl sites for hydroxylation is 1. The first-order valence-corrected chi connectivity index (χ1v) is 6.34. The van der Waals surface area contributed by atoms with Gasteiger partial charge in [-0.05, 0) is 42.5 Å². The monoisotopic (exact) mass is 294 g/mol. The molecule has 1 aromatic carbocycles. The summed E-state index contributed by atoms with van der Waals surface area (Å²) in [4.78, 5) is 23.4. The molecule has 3 amide bonds. The van der Waals surface area contributed by atoms with Crippen molar-refractivity contribution >= 4 is 27.9 Å². The third kappa shape index (κ3) is 1.49. The normalized spacial score (nSPS) is 26.6. The van der Waals surface area contributed by atoms with E-state index >= 15 is 0 Å². The molecule has 88 valence electrons. The Morgan fingerprint density at radius 2 is 2.12 bits per heavy atom. The second-order valence-electron chi connectivity index (χ2n) is 4.47. The molecule has 1 fully saturated rings. The summed E-state index contributed by atoms with van der Waals surface area (Å²) in [5.74, 6) is -0.235. The molecule has 2 N–H and O–H groups in total. The fraction of sp³-hybridized carbons (Fsp3) is 0.333. The number of hydrogen-bond acceptors (Lipinski definition) is 2. The molecule has 0 aromatic heterocycles. The van der Waals surface area contributed by atoms with Crippen LogP contribution in [0.25, 0.3) is 0 Å². The van der Waals surface area contributed by atoms with Crippen molar-refractivity contribution in [3.8, 4) is 0 Å². The lowest BCUT2D eigenvalue weighted by atomic mass is 9.76. The summed E-state index contributed by atoms with van der Waals surface area (Å²) in [6.45, 7) is 0. The maximum atomic E-state index is 12.0. The summed E-state index contributed by atoms with van der Waals surface area (Å²) >= 11 is 3.41. The number of hydrogen-bond donors (Lipinski definition) is 2. The molecule has 0 saturated carbocycles. The van der Waals surface area contributed by atoms with Gasteiger partial charge < -0.3 is 5.32 Å². The van der Waals surface area contributed by atoms with Crippen molar-refractivity contribution in [3.05, 3.63) is 33.8 Å². The van der Waals surface area contributed by atoms with E-state index in [0.29, 0.717) is 6.42 Å². The summed E-state index contributed by atoms with van der Waals surface area (Å²) in [6, 6.07) is 5.51. The quantitative estimate of drug-likeness (QED) is 0.717. The molecular weight excluding hydrogens is 284 g/mol. The molecule has 1 aromatic rings. The maximum absolute atomic E-state index is 12.0. The average molecular weight is 295 g/mol. The highest BCUT2D eigenvalue weighted by Gasteiger charge is 2.49. The first kappa shape index (κ1) is 10.8. The van der Waals surface area contributed by atoms with Gasteiger partial charge in [-0.2, -0.15) is 0 Å². The molecule has 1 saturated heterocycles. The van der Waals surface area contributed by atoms with Crippen LogP contribution in [0.5, 0.6) is 0 Å². The molecule has 2 aliphatic rings. The number of halogens is 1. The van der Waals surface area contributed by atoms with Crippen molar-refractivity contribution in [2.75, 3.05) is 0 Å². The molecule has 0 unspecified atom stereocenters. The summed E-state index contributed by atoms with van der Waals surface area (Å²) in [6.07, 6.45) is 2.52. The summed E-state index contributed by atoms with van der Waals surface area (Å²) in [5.41, 5.74) is 1.20. The van der Waals surface area contributed by atoms with Crippen molar-refractivity contribution in [1.82, 2.24) is 10.6 Å². The van der Waals surface area contributed by atoms with Crippen molar-refractivity contribution < 1.29 is 9.59 Å². The van der Waals surface area contributed by atoms with Crippen LogP contribution in [0.2, 0.25) is 0 Å². The van der Waals surface area contributed by atoms with Crippen molar-refractivity contribution in [1.29, 1.82) is 0 Å². The van der Waals surface area contributed by atoms with Crippen LogP contribution >= 0.6 is 15.9 Å². The number of fused-ring (bicyclic) bond motifs is 2. The van der Waals surface area contributed by atoms with Crippen LogP contribution in [0.4, 0.5) is 4.79 Å². The molecule has 1 atom stereocenters. The van der Waals surface area contributed by atoms with Crippen molar-refractivity contribution in [3.63, 3.8) is 0 Å². The van der Waals surface area contributed by atoms with Gasteiger partial charge in [-0.1, -0.05) is 22.0 Å². The lowest BCUT2D eigenvalue weighted by Crippen LogP contribution is -2.46. The smallest absolute Gasteiger partial charge is 0.319 e. The largest absolute Gasteiger partial charge is 0.322 e. The standard InChI is InChI=1S/C12H11BrN2O2/c13-8-4-3-7-2-1-5-12(9(7)6-8)10(16)14-11(17)15-12/h3-4,6H,1-2,5H2,(H2,14,15,16,17)/t12-/m1/s1. The Balaban J connectivity index is 2.19. The van der Waals surface area contributed by atoms with Gasteiger partial charge in [-0.15, -0.1) is 0 Å². The predicted molar refractivity (Wildman–Crippen MR) is 65.4 cm³/mol. The zero-order valence-electron chi connectivity index (χ0n) is 9.05. The minimum atomic E-state index is -0.853. The Morgan fingerprint density at radius 3 is 2.82 bits per heavy atom. The second kappa shape index (κ2) is 3.57. The number of nitrogens with one attached hydrogen (secondary N) is 2. The average Bonchev–Trinajstić information content (AvgIpc) is 2.56. The zero-order valence-corrected chi connectivity index (χ0v) is 10.6. The van der Waals surface area contributed by atoms with Gasteiger partial charge in [0, 0.05) is 4.47 Å². The van der Waals surface area contributed by atoms with Crippen molar-refractivity contribution in [2.24, 2.45) is 0 Å². The Hall–Kier alpha value is -1.36. The zero-order chi connectivity index (χ0) is 12.0. The van der Waals surface area contributed by atoms with Crippen LogP contribution in [0.3, 0.4) is 0 Å². The molecule has 3 rings (SSSR count). The Labute approximate surface area is 107 Å². The molecule has 0 bridgehead atoms. The van der Waals surface area contributed by atoms with Gasteiger partial charge in [0.2, 0.25) is 0 Å². The van der Waals surface area contributed by atoms with Crippen molar-refractivity contribution in [2.45, 2.75) is 24.8 Å². The van der Waals surface area contributed by atoms with E-state index in [9.17, 15) is 9.59 Å². The molecule has 0 radical (unpaired) electrons. The van der Waals surface area contributed by atoms with E-state index in [4.69, 9.17) is 0 Å². The van der Waals surface area contributed by atoms with Gasteiger partial charge in [0.05, 0.1) is 0 Å². The number of amides is 3. The predicted octanol–water partition coefficient (Wildman–Crippen LogP) is 1.82. The van der Waals surface area contributed by atoms with Gasteiger partial charge in [0.15, 0.2) is 0 Å². The van der Waals surface area contributed by atoms with E-state index in [1.54, 1.807) is 0 Å². The molecule has 17 heavy (non-hydrogen) atoms. The van der Waals surface area contributed by atoms with Crippen LogP contribution in [-0.4, -0.2) is 11.9 Å². The van der Waals surface area contributed by atoms with Crippen LogP contribution in [-0.2, 0) is 16.8 Å². The number of rotatable bonds is 0. The fourth-order valence-electron chi connectivity index (χ4n) is 2.70. The van der Waals surface area contributed by atoms with E-state index in [1.807, 2.05) is 18.2 Å². The molecule has 1 aliphatic heterocycles. The minimum absolute atomic E-state index is 0.235. The summed E-state index contributed by atoms with van der Waals surface area (Å²) < 4.78 is 0.923. The van der Waals surface area contributed by atoms with Crippen LogP contribution in [0, 0.1) is 0 Å². The third-order valence-corrected chi connectivity index (χ3v) is 3.96. The highest BCUT2D eigenvalue weighted by Crippen LogP contribution is 2.38. The summed E-state index contributed by atoms with van der Waals surface area (Å²) in [5, 5.41) is 5.12. The lowest BCUT2D eigenvalue weighted by molar-refractivity contribution is -0.124. The second-order valence-corrected chi connectivity index (χ2v) is 5.38. The number of benzene rings is 1. The number of carbonyl (C=O) groups excluding carboxylic acids is 2. The van der Waals surface area contributed by atoms with Gasteiger partial charge >= 0.3 is 6.03 Å².